The molecule has 0 aromatic heterocycles. The van der Waals surface area contributed by atoms with E-state index in [0.717, 1.165) is 28.6 Å². The minimum Gasteiger partial charge on any atom is -0.380 e. The summed E-state index contributed by atoms with van der Waals surface area (Å²) in [5, 5.41) is 0. The lowest BCUT2D eigenvalue weighted by molar-refractivity contribution is 0.0687. The second-order valence-electron chi connectivity index (χ2n) is 4.77. The molecule has 1 aromatic carbocycles. The van der Waals surface area contributed by atoms with Gasteiger partial charge in [0.15, 0.2) is 0 Å². The Balaban J connectivity index is 2.23. The SMILES string of the molecule is Cc1cc(Br)cc(C(=O)N2CCOCC[C@H]2C)c1. The third-order valence-electron chi connectivity index (χ3n) is 3.24. The lowest BCUT2D eigenvalue weighted by Crippen LogP contribution is -2.39. The average Bonchev–Trinajstić information content (AvgIpc) is 2.51. The van der Waals surface area contributed by atoms with Crippen molar-refractivity contribution >= 4 is 21.8 Å². The van der Waals surface area contributed by atoms with Crippen molar-refractivity contribution in [3.05, 3.63) is 33.8 Å². The summed E-state index contributed by atoms with van der Waals surface area (Å²) in [7, 11) is 0. The van der Waals surface area contributed by atoms with E-state index in [0.29, 0.717) is 13.2 Å². The molecule has 0 spiro atoms. The number of amides is 1. The maximum Gasteiger partial charge on any atom is 0.254 e. The van der Waals surface area contributed by atoms with Crippen molar-refractivity contribution in [2.24, 2.45) is 0 Å². The number of benzene rings is 1. The fourth-order valence-corrected chi connectivity index (χ4v) is 2.83. The fourth-order valence-electron chi connectivity index (χ4n) is 2.22. The van der Waals surface area contributed by atoms with Crippen LogP contribution in [0.1, 0.15) is 29.3 Å². The van der Waals surface area contributed by atoms with E-state index in [9.17, 15) is 4.79 Å². The van der Waals surface area contributed by atoms with Gasteiger partial charge in [0.05, 0.1) is 6.61 Å². The van der Waals surface area contributed by atoms with Crippen molar-refractivity contribution in [3.8, 4) is 0 Å². The van der Waals surface area contributed by atoms with Gasteiger partial charge in [0.2, 0.25) is 0 Å². The summed E-state index contributed by atoms with van der Waals surface area (Å²) >= 11 is 3.44. The highest BCUT2D eigenvalue weighted by molar-refractivity contribution is 9.10. The molecular formula is C14H18BrNO2. The maximum atomic E-state index is 12.5. The van der Waals surface area contributed by atoms with Crippen LogP contribution in [0, 0.1) is 6.92 Å². The molecule has 0 aliphatic carbocycles. The van der Waals surface area contributed by atoms with Crippen LogP contribution >= 0.6 is 15.9 Å². The van der Waals surface area contributed by atoms with Crippen LogP contribution in [0.4, 0.5) is 0 Å². The van der Waals surface area contributed by atoms with Gasteiger partial charge in [0.1, 0.15) is 0 Å². The Morgan fingerprint density at radius 1 is 1.39 bits per heavy atom. The molecule has 3 nitrogen and oxygen atoms in total. The predicted octanol–water partition coefficient (Wildman–Crippen LogP) is 3.01. The third-order valence-corrected chi connectivity index (χ3v) is 3.70. The summed E-state index contributed by atoms with van der Waals surface area (Å²) < 4.78 is 6.37. The number of ether oxygens (including phenoxy) is 1. The molecule has 0 saturated carbocycles. The summed E-state index contributed by atoms with van der Waals surface area (Å²) in [6.45, 7) is 6.12. The van der Waals surface area contributed by atoms with E-state index >= 15 is 0 Å². The van der Waals surface area contributed by atoms with Crippen LogP contribution < -0.4 is 0 Å². The Labute approximate surface area is 116 Å². The fraction of sp³-hybridized carbons (Fsp3) is 0.500. The molecule has 0 N–H and O–H groups in total. The second kappa shape index (κ2) is 5.85. The van der Waals surface area contributed by atoms with Crippen molar-refractivity contribution in [2.45, 2.75) is 26.3 Å². The molecule has 1 fully saturated rings. The molecule has 1 aromatic rings. The number of hydrogen-bond acceptors (Lipinski definition) is 2. The number of rotatable bonds is 1. The van der Waals surface area contributed by atoms with Gasteiger partial charge in [-0.1, -0.05) is 15.9 Å². The Hall–Kier alpha value is -0.870. The van der Waals surface area contributed by atoms with Gasteiger partial charge in [0.25, 0.3) is 5.91 Å². The molecule has 1 saturated heterocycles. The van der Waals surface area contributed by atoms with Gasteiger partial charge >= 0.3 is 0 Å². The average molecular weight is 312 g/mol. The number of halogens is 1. The van der Waals surface area contributed by atoms with Gasteiger partial charge in [-0.25, -0.2) is 0 Å². The number of nitrogens with zero attached hydrogens (tertiary/aromatic N) is 1. The van der Waals surface area contributed by atoms with Gasteiger partial charge in [-0.2, -0.15) is 0 Å². The summed E-state index contributed by atoms with van der Waals surface area (Å²) in [5.41, 5.74) is 1.84. The predicted molar refractivity (Wildman–Crippen MR) is 74.8 cm³/mol. The first kappa shape index (κ1) is 13.6. The molecule has 0 unspecified atom stereocenters. The Morgan fingerprint density at radius 3 is 2.89 bits per heavy atom. The highest BCUT2D eigenvalue weighted by Crippen LogP contribution is 2.19. The summed E-state index contributed by atoms with van der Waals surface area (Å²) in [5.74, 6) is 0.0948. The topological polar surface area (TPSA) is 29.5 Å². The zero-order valence-electron chi connectivity index (χ0n) is 10.8. The lowest BCUT2D eigenvalue weighted by Gasteiger charge is -2.26. The van der Waals surface area contributed by atoms with E-state index in [2.05, 4.69) is 22.9 Å². The van der Waals surface area contributed by atoms with E-state index in [1.807, 2.05) is 30.0 Å². The van der Waals surface area contributed by atoms with Gasteiger partial charge in [-0.05, 0) is 44.0 Å². The maximum absolute atomic E-state index is 12.5. The number of aryl methyl sites for hydroxylation is 1. The first-order valence-electron chi connectivity index (χ1n) is 6.24. The molecule has 1 heterocycles. The molecule has 18 heavy (non-hydrogen) atoms. The van der Waals surface area contributed by atoms with Crippen LogP contribution in [0.5, 0.6) is 0 Å². The van der Waals surface area contributed by atoms with Crippen LogP contribution in [0.2, 0.25) is 0 Å². The summed E-state index contributed by atoms with van der Waals surface area (Å²) in [6.07, 6.45) is 0.902. The van der Waals surface area contributed by atoms with Gasteiger partial charge < -0.3 is 9.64 Å². The highest BCUT2D eigenvalue weighted by atomic mass is 79.9. The quantitative estimate of drug-likeness (QED) is 0.798. The molecule has 1 aliphatic rings. The van der Waals surface area contributed by atoms with E-state index in [-0.39, 0.29) is 11.9 Å². The normalized spacial score (nSPS) is 20.6. The lowest BCUT2D eigenvalue weighted by atomic mass is 10.1. The largest absolute Gasteiger partial charge is 0.380 e. The molecule has 98 valence electrons. The van der Waals surface area contributed by atoms with E-state index in [1.165, 1.54) is 0 Å². The molecule has 2 rings (SSSR count). The van der Waals surface area contributed by atoms with Crippen LogP contribution in [0.15, 0.2) is 22.7 Å². The van der Waals surface area contributed by atoms with Gasteiger partial charge in [-0.15, -0.1) is 0 Å². The smallest absolute Gasteiger partial charge is 0.254 e. The third kappa shape index (κ3) is 3.12. The van der Waals surface area contributed by atoms with Gasteiger partial charge in [-0.3, -0.25) is 4.79 Å². The molecule has 1 amide bonds. The molecular weight excluding hydrogens is 294 g/mol. The van der Waals surface area contributed by atoms with Crippen molar-refractivity contribution in [2.75, 3.05) is 19.8 Å². The van der Waals surface area contributed by atoms with Crippen molar-refractivity contribution in [3.63, 3.8) is 0 Å². The summed E-state index contributed by atoms with van der Waals surface area (Å²) in [4.78, 5) is 14.4. The molecule has 1 atom stereocenters. The highest BCUT2D eigenvalue weighted by Gasteiger charge is 2.23. The summed E-state index contributed by atoms with van der Waals surface area (Å²) in [6, 6.07) is 6.06. The van der Waals surface area contributed by atoms with Crippen LogP contribution in [-0.2, 0) is 4.74 Å². The number of hydrogen-bond donors (Lipinski definition) is 0. The molecule has 1 aliphatic heterocycles. The van der Waals surface area contributed by atoms with E-state index in [4.69, 9.17) is 4.74 Å². The standard InChI is InChI=1S/C14H18BrNO2/c1-10-7-12(9-13(15)8-10)14(17)16-4-6-18-5-3-11(16)2/h7-9,11H,3-6H2,1-2H3/t11-/m1/s1. The van der Waals surface area contributed by atoms with Crippen LogP contribution in [0.25, 0.3) is 0 Å². The zero-order valence-corrected chi connectivity index (χ0v) is 12.4. The first-order chi connectivity index (χ1) is 8.58. The van der Waals surface area contributed by atoms with E-state index in [1.54, 1.807) is 0 Å². The van der Waals surface area contributed by atoms with Crippen molar-refractivity contribution in [1.82, 2.24) is 4.90 Å². The molecule has 0 bridgehead atoms. The first-order valence-corrected chi connectivity index (χ1v) is 7.03. The van der Waals surface area contributed by atoms with Crippen molar-refractivity contribution in [1.29, 1.82) is 0 Å². The Morgan fingerprint density at radius 2 is 2.17 bits per heavy atom. The molecule has 4 heteroatoms. The Kier molecular flexibility index (Phi) is 4.40. The minimum absolute atomic E-state index is 0.0948. The second-order valence-corrected chi connectivity index (χ2v) is 5.68. The molecule has 0 radical (unpaired) electrons. The van der Waals surface area contributed by atoms with Crippen LogP contribution in [-0.4, -0.2) is 36.6 Å². The number of carbonyl (C=O) groups excluding carboxylic acids is 1. The Bertz CT molecular complexity index is 427. The van der Waals surface area contributed by atoms with Crippen LogP contribution in [0.3, 0.4) is 0 Å². The van der Waals surface area contributed by atoms with Crippen molar-refractivity contribution < 1.29 is 9.53 Å². The minimum atomic E-state index is 0.0948. The van der Waals surface area contributed by atoms with E-state index < -0.39 is 0 Å². The van der Waals surface area contributed by atoms with Gasteiger partial charge in [0, 0.05) is 29.2 Å². The zero-order chi connectivity index (χ0) is 13.1. The number of carbonyl (C=O) groups is 1. The monoisotopic (exact) mass is 311 g/mol.